The Labute approximate surface area is 68.6 Å². The van der Waals surface area contributed by atoms with E-state index in [4.69, 9.17) is 11.6 Å². The highest BCUT2D eigenvalue weighted by molar-refractivity contribution is 6.18. The molecule has 1 aliphatic rings. The van der Waals surface area contributed by atoms with Gasteiger partial charge < -0.3 is 5.32 Å². The van der Waals surface area contributed by atoms with Crippen LogP contribution in [-0.2, 0) is 0 Å². The maximum absolute atomic E-state index is 10.9. The van der Waals surface area contributed by atoms with E-state index < -0.39 is 6.03 Å². The topological polar surface area (TPSA) is 61.8 Å². The van der Waals surface area contributed by atoms with Gasteiger partial charge in [0.05, 0.1) is 11.8 Å². The van der Waals surface area contributed by atoms with Crippen LogP contribution in [0, 0.1) is 4.91 Å². The lowest BCUT2D eigenvalue weighted by Gasteiger charge is -2.25. The Morgan fingerprint density at radius 2 is 2.55 bits per heavy atom. The second-order valence-corrected chi connectivity index (χ2v) is 2.60. The fourth-order valence-electron chi connectivity index (χ4n) is 0.895. The molecule has 1 aliphatic heterocycles. The van der Waals surface area contributed by atoms with E-state index in [9.17, 15) is 9.70 Å². The van der Waals surface area contributed by atoms with Crippen molar-refractivity contribution < 1.29 is 4.79 Å². The first-order valence-electron chi connectivity index (χ1n) is 3.25. The molecule has 1 saturated heterocycles. The predicted molar refractivity (Wildman–Crippen MR) is 40.2 cm³/mol. The van der Waals surface area contributed by atoms with E-state index in [1.807, 2.05) is 0 Å². The number of rotatable bonds is 2. The molecule has 1 fully saturated rings. The Bertz CT molecular complexity index is 175. The van der Waals surface area contributed by atoms with Gasteiger partial charge in [0.15, 0.2) is 0 Å². The number of carbonyl (C=O) groups excluding carboxylic acids is 1. The van der Waals surface area contributed by atoms with Crippen LogP contribution in [0.4, 0.5) is 4.79 Å². The minimum atomic E-state index is -0.461. The summed E-state index contributed by atoms with van der Waals surface area (Å²) in [6.45, 7) is 0.354. The molecule has 0 radical (unpaired) electrons. The van der Waals surface area contributed by atoms with Crippen LogP contribution in [0.15, 0.2) is 5.29 Å². The quantitative estimate of drug-likeness (QED) is 0.498. The van der Waals surface area contributed by atoms with Gasteiger partial charge in [-0.05, 0) is 6.42 Å². The molecule has 1 rings (SSSR count). The Morgan fingerprint density at radius 1 is 1.82 bits per heavy atom. The molecular weight excluding hydrogens is 170 g/mol. The zero-order chi connectivity index (χ0) is 8.27. The average Bonchev–Trinajstić information content (AvgIpc) is 2.04. The summed E-state index contributed by atoms with van der Waals surface area (Å²) in [6, 6.07) is -0.487. The lowest BCUT2D eigenvalue weighted by molar-refractivity contribution is 0.178. The summed E-state index contributed by atoms with van der Waals surface area (Å²) in [4.78, 5) is 20.8. The molecule has 11 heavy (non-hydrogen) atoms. The largest absolute Gasteiger partial charge is 0.340 e. The minimum absolute atomic E-state index is 0.0258. The van der Waals surface area contributed by atoms with Crippen LogP contribution in [0.2, 0.25) is 0 Å². The summed E-state index contributed by atoms with van der Waals surface area (Å²) in [6.07, 6.45) is 0.668. The van der Waals surface area contributed by atoms with Crippen LogP contribution in [0.1, 0.15) is 6.42 Å². The molecule has 0 aromatic heterocycles. The van der Waals surface area contributed by atoms with Gasteiger partial charge in [-0.3, -0.25) is 0 Å². The average molecular weight is 178 g/mol. The highest BCUT2D eigenvalue weighted by atomic mass is 35.5. The Kier molecular flexibility index (Phi) is 2.64. The summed E-state index contributed by atoms with van der Waals surface area (Å²) in [5.41, 5.74) is 0. The number of nitrogens with one attached hydrogen (secondary N) is 1. The van der Waals surface area contributed by atoms with Gasteiger partial charge in [0.25, 0.3) is 0 Å². The van der Waals surface area contributed by atoms with Gasteiger partial charge in [0.2, 0.25) is 0 Å². The Morgan fingerprint density at radius 3 is 3.00 bits per heavy atom. The van der Waals surface area contributed by atoms with Gasteiger partial charge in [-0.2, -0.15) is 5.01 Å². The van der Waals surface area contributed by atoms with Gasteiger partial charge >= 0.3 is 6.03 Å². The smallest absolute Gasteiger partial charge is 0.332 e. The summed E-state index contributed by atoms with van der Waals surface area (Å²) in [5.74, 6) is 0.373. The van der Waals surface area contributed by atoms with E-state index >= 15 is 0 Å². The highest BCUT2D eigenvalue weighted by Crippen LogP contribution is 2.06. The van der Waals surface area contributed by atoms with Crippen molar-refractivity contribution >= 4 is 17.6 Å². The number of hydrogen-bond donors (Lipinski definition) is 1. The van der Waals surface area contributed by atoms with E-state index in [2.05, 4.69) is 10.6 Å². The number of amides is 2. The van der Waals surface area contributed by atoms with E-state index in [0.29, 0.717) is 18.8 Å². The second kappa shape index (κ2) is 3.52. The van der Waals surface area contributed by atoms with Crippen molar-refractivity contribution in [2.75, 3.05) is 12.4 Å². The van der Waals surface area contributed by atoms with Crippen LogP contribution in [-0.4, -0.2) is 29.5 Å². The summed E-state index contributed by atoms with van der Waals surface area (Å²) in [7, 11) is 0. The zero-order valence-corrected chi connectivity index (χ0v) is 6.54. The van der Waals surface area contributed by atoms with Crippen molar-refractivity contribution in [3.05, 3.63) is 4.91 Å². The first kappa shape index (κ1) is 8.26. The Hall–Kier alpha value is -0.840. The highest BCUT2D eigenvalue weighted by Gasteiger charge is 2.24. The molecule has 2 amide bonds. The molecule has 0 saturated carbocycles. The van der Waals surface area contributed by atoms with Gasteiger partial charge in [-0.1, -0.05) is 0 Å². The van der Waals surface area contributed by atoms with Gasteiger partial charge in [-0.25, -0.2) is 4.79 Å². The third kappa shape index (κ3) is 1.80. The fourth-order valence-corrected chi connectivity index (χ4v) is 1.13. The molecular formula is C5H8ClN3O2. The normalized spacial score (nSPS) is 24.6. The van der Waals surface area contributed by atoms with Crippen LogP contribution < -0.4 is 5.32 Å². The SMILES string of the molecule is O=NN1CCC(CCl)NC1=O. The third-order valence-corrected chi connectivity index (χ3v) is 1.91. The molecule has 1 unspecified atom stereocenters. The Balaban J connectivity index is 2.47. The van der Waals surface area contributed by atoms with Crippen molar-refractivity contribution in [3.63, 3.8) is 0 Å². The van der Waals surface area contributed by atoms with E-state index in [1.54, 1.807) is 0 Å². The van der Waals surface area contributed by atoms with E-state index in [-0.39, 0.29) is 6.04 Å². The van der Waals surface area contributed by atoms with Gasteiger partial charge in [0, 0.05) is 11.9 Å². The third-order valence-electron chi connectivity index (χ3n) is 1.54. The molecule has 0 bridgehead atoms. The molecule has 1 atom stereocenters. The van der Waals surface area contributed by atoms with Crippen LogP contribution in [0.3, 0.4) is 0 Å². The number of halogens is 1. The number of nitrogens with zero attached hydrogens (tertiary/aromatic N) is 2. The molecule has 0 aliphatic carbocycles. The zero-order valence-electron chi connectivity index (χ0n) is 5.79. The van der Waals surface area contributed by atoms with Crippen molar-refractivity contribution in [2.24, 2.45) is 5.29 Å². The number of hydrogen-bond acceptors (Lipinski definition) is 3. The number of nitroso groups, excluding NO2 is 1. The van der Waals surface area contributed by atoms with Crippen LogP contribution in [0.5, 0.6) is 0 Å². The van der Waals surface area contributed by atoms with Gasteiger partial charge in [0.1, 0.15) is 0 Å². The lowest BCUT2D eigenvalue weighted by Crippen LogP contribution is -2.50. The molecule has 0 spiro atoms. The summed E-state index contributed by atoms with van der Waals surface area (Å²) in [5, 5.41) is 5.90. The molecule has 0 aromatic rings. The van der Waals surface area contributed by atoms with E-state index in [0.717, 1.165) is 5.01 Å². The second-order valence-electron chi connectivity index (χ2n) is 2.29. The molecule has 62 valence electrons. The molecule has 1 N–H and O–H groups in total. The summed E-state index contributed by atoms with van der Waals surface area (Å²) >= 11 is 5.49. The van der Waals surface area contributed by atoms with Crippen molar-refractivity contribution in [1.82, 2.24) is 10.3 Å². The molecule has 0 aromatic carbocycles. The van der Waals surface area contributed by atoms with Crippen molar-refractivity contribution in [3.8, 4) is 0 Å². The monoisotopic (exact) mass is 177 g/mol. The van der Waals surface area contributed by atoms with Crippen molar-refractivity contribution in [2.45, 2.75) is 12.5 Å². The fraction of sp³-hybridized carbons (Fsp3) is 0.800. The maximum atomic E-state index is 10.9. The number of carbonyl (C=O) groups is 1. The first-order chi connectivity index (χ1) is 5.27. The summed E-state index contributed by atoms with van der Waals surface area (Å²) < 4.78 is 0. The van der Waals surface area contributed by atoms with Crippen molar-refractivity contribution in [1.29, 1.82) is 0 Å². The molecule has 6 heteroatoms. The standard InChI is InChI=1S/C5H8ClN3O2/c6-3-4-1-2-9(8-11)5(10)7-4/h4H,1-3H2,(H,7,10). The first-order valence-corrected chi connectivity index (χ1v) is 3.78. The van der Waals surface area contributed by atoms with E-state index in [1.165, 1.54) is 0 Å². The molecule has 1 heterocycles. The molecule has 5 nitrogen and oxygen atoms in total. The number of urea groups is 1. The van der Waals surface area contributed by atoms with Crippen LogP contribution >= 0.6 is 11.6 Å². The lowest BCUT2D eigenvalue weighted by atomic mass is 10.2. The van der Waals surface area contributed by atoms with Gasteiger partial charge in [-0.15, -0.1) is 16.5 Å². The maximum Gasteiger partial charge on any atom is 0.340 e. The minimum Gasteiger partial charge on any atom is -0.332 e. The predicted octanol–water partition coefficient (Wildman–Crippen LogP) is 0.691. The number of alkyl halides is 1. The van der Waals surface area contributed by atoms with Crippen LogP contribution in [0.25, 0.3) is 0 Å².